The van der Waals surface area contributed by atoms with Crippen LogP contribution in [0.15, 0.2) is 23.5 Å². The molecule has 0 fully saturated rings. The number of aromatic amines is 1. The topological polar surface area (TPSA) is 119 Å². The molecule has 2 aromatic rings. The summed E-state index contributed by atoms with van der Waals surface area (Å²) >= 11 is 0. The zero-order chi connectivity index (χ0) is 15.5. The van der Waals surface area contributed by atoms with Crippen LogP contribution in [-0.2, 0) is 28.4 Å². The van der Waals surface area contributed by atoms with Gasteiger partial charge in [-0.3, -0.25) is 9.78 Å². The van der Waals surface area contributed by atoms with E-state index in [1.165, 1.54) is 0 Å². The number of nitrogens with one attached hydrogen (secondary N) is 2. The summed E-state index contributed by atoms with van der Waals surface area (Å²) in [6.45, 7) is 1.78. The maximum Gasteiger partial charge on any atom is 0.342 e. The van der Waals surface area contributed by atoms with Gasteiger partial charge in [0.1, 0.15) is 5.56 Å². The quantitative estimate of drug-likeness (QED) is 0.713. The highest BCUT2D eigenvalue weighted by Crippen LogP contribution is 2.13. The molecule has 0 amide bonds. The highest BCUT2D eigenvalue weighted by atomic mass is 32.2. The van der Waals surface area contributed by atoms with E-state index in [-0.39, 0.29) is 23.7 Å². The Morgan fingerprint density at radius 3 is 2.90 bits per heavy atom. The molecule has 0 atom stereocenters. The van der Waals surface area contributed by atoms with Gasteiger partial charge in [0.05, 0.1) is 25.0 Å². The third-order valence-electron chi connectivity index (χ3n) is 2.58. The fourth-order valence-electron chi connectivity index (χ4n) is 1.63. The van der Waals surface area contributed by atoms with Gasteiger partial charge < -0.3 is 4.74 Å². The number of aryl methyl sites for hydroxylation is 1. The van der Waals surface area contributed by atoms with E-state index in [1.807, 2.05) is 0 Å². The van der Waals surface area contributed by atoms with Crippen molar-refractivity contribution in [2.45, 2.75) is 18.5 Å². The van der Waals surface area contributed by atoms with Gasteiger partial charge in [-0.1, -0.05) is 0 Å². The number of nitrogens with zero attached hydrogens (tertiary/aromatic N) is 3. The summed E-state index contributed by atoms with van der Waals surface area (Å²) in [4.78, 5) is 11.7. The van der Waals surface area contributed by atoms with Crippen molar-refractivity contribution >= 4 is 16.0 Å². The number of carbonyl (C=O) groups is 1. The van der Waals surface area contributed by atoms with Crippen molar-refractivity contribution in [3.63, 3.8) is 0 Å². The van der Waals surface area contributed by atoms with E-state index in [0.717, 1.165) is 6.20 Å². The molecule has 0 radical (unpaired) electrons. The van der Waals surface area contributed by atoms with Gasteiger partial charge in [-0.2, -0.15) is 10.2 Å². The molecule has 2 heterocycles. The third kappa shape index (κ3) is 3.47. The van der Waals surface area contributed by atoms with Gasteiger partial charge in [0.15, 0.2) is 5.03 Å². The highest BCUT2D eigenvalue weighted by molar-refractivity contribution is 7.89. The highest BCUT2D eigenvalue weighted by Gasteiger charge is 2.25. The van der Waals surface area contributed by atoms with E-state index < -0.39 is 16.0 Å². The van der Waals surface area contributed by atoms with Crippen LogP contribution >= 0.6 is 0 Å². The van der Waals surface area contributed by atoms with E-state index in [9.17, 15) is 13.2 Å². The Labute approximate surface area is 121 Å². The van der Waals surface area contributed by atoms with Crippen molar-refractivity contribution in [2.75, 3.05) is 6.61 Å². The van der Waals surface area contributed by atoms with Crippen LogP contribution in [0.25, 0.3) is 0 Å². The van der Waals surface area contributed by atoms with Crippen LogP contribution in [0.3, 0.4) is 0 Å². The van der Waals surface area contributed by atoms with Gasteiger partial charge in [-0.05, 0) is 13.0 Å². The van der Waals surface area contributed by atoms with E-state index in [2.05, 4.69) is 20.0 Å². The lowest BCUT2D eigenvalue weighted by atomic mass is 10.4. The molecule has 2 N–H and O–H groups in total. The molecule has 0 saturated carbocycles. The molecule has 9 nitrogen and oxygen atoms in total. The zero-order valence-electron chi connectivity index (χ0n) is 11.5. The summed E-state index contributed by atoms with van der Waals surface area (Å²) < 4.78 is 33.0. The Morgan fingerprint density at radius 1 is 1.52 bits per heavy atom. The number of sulfonamides is 1. The molecule has 0 aliphatic heterocycles. The molecule has 21 heavy (non-hydrogen) atoms. The van der Waals surface area contributed by atoms with E-state index in [0.29, 0.717) is 5.69 Å². The van der Waals surface area contributed by atoms with Crippen molar-refractivity contribution in [2.24, 2.45) is 7.05 Å². The molecule has 0 aliphatic carbocycles. The largest absolute Gasteiger partial charge is 0.462 e. The first-order valence-corrected chi connectivity index (χ1v) is 7.61. The fraction of sp³-hybridized carbons (Fsp3) is 0.364. The number of ether oxygens (including phenoxy) is 1. The lowest BCUT2D eigenvalue weighted by Gasteiger charge is -2.05. The van der Waals surface area contributed by atoms with Gasteiger partial charge in [0, 0.05) is 13.2 Å². The van der Waals surface area contributed by atoms with Crippen LogP contribution < -0.4 is 4.72 Å². The van der Waals surface area contributed by atoms with Crippen LogP contribution in [0.1, 0.15) is 23.0 Å². The van der Waals surface area contributed by atoms with Gasteiger partial charge >= 0.3 is 5.97 Å². The monoisotopic (exact) mass is 313 g/mol. The Morgan fingerprint density at radius 2 is 2.29 bits per heavy atom. The number of rotatable bonds is 6. The lowest BCUT2D eigenvalue weighted by molar-refractivity contribution is 0.0522. The summed E-state index contributed by atoms with van der Waals surface area (Å²) in [5.41, 5.74) is 0.420. The summed E-state index contributed by atoms with van der Waals surface area (Å²) in [5.74, 6) is -0.746. The van der Waals surface area contributed by atoms with Crippen LogP contribution in [0.5, 0.6) is 0 Å². The van der Waals surface area contributed by atoms with Crippen LogP contribution in [0.4, 0.5) is 0 Å². The normalized spacial score (nSPS) is 11.5. The summed E-state index contributed by atoms with van der Waals surface area (Å²) in [5, 5.41) is 9.62. The zero-order valence-corrected chi connectivity index (χ0v) is 12.3. The number of hydrogen-bond donors (Lipinski definition) is 2. The minimum absolute atomic E-state index is 0.00442. The standard InChI is InChI=1S/C11H15N5O4S/c1-3-20-11(17)9-7-12-14-10(9)21(18,19)13-6-8-4-5-16(2)15-8/h4-5,7,13H,3,6H2,1-2H3,(H,12,14). The average molecular weight is 313 g/mol. The van der Waals surface area contributed by atoms with Gasteiger partial charge in [-0.25, -0.2) is 17.9 Å². The third-order valence-corrected chi connectivity index (χ3v) is 3.95. The molecule has 2 aromatic heterocycles. The molecular weight excluding hydrogens is 298 g/mol. The van der Waals surface area contributed by atoms with Crippen molar-refractivity contribution < 1.29 is 17.9 Å². The molecule has 0 saturated heterocycles. The first kappa shape index (κ1) is 15.2. The number of carbonyl (C=O) groups excluding carboxylic acids is 1. The smallest absolute Gasteiger partial charge is 0.342 e. The molecule has 0 unspecified atom stereocenters. The minimum atomic E-state index is -3.92. The Bertz CT molecular complexity index is 733. The molecule has 114 valence electrons. The predicted octanol–water partition coefficient (Wildman–Crippen LogP) is -0.202. The Balaban J connectivity index is 2.16. The van der Waals surface area contributed by atoms with Crippen LogP contribution in [-0.4, -0.2) is 41.0 Å². The number of aromatic nitrogens is 4. The maximum atomic E-state index is 12.2. The lowest BCUT2D eigenvalue weighted by Crippen LogP contribution is -2.25. The van der Waals surface area contributed by atoms with Crippen molar-refractivity contribution in [1.82, 2.24) is 24.7 Å². The summed E-state index contributed by atoms with van der Waals surface area (Å²) in [7, 11) is -2.19. The van der Waals surface area contributed by atoms with Gasteiger partial charge in [0.2, 0.25) is 0 Å². The van der Waals surface area contributed by atoms with Crippen molar-refractivity contribution in [3.05, 3.63) is 29.7 Å². The minimum Gasteiger partial charge on any atom is -0.462 e. The second-order valence-electron chi connectivity index (χ2n) is 4.14. The second kappa shape index (κ2) is 6.06. The van der Waals surface area contributed by atoms with Crippen LogP contribution in [0.2, 0.25) is 0 Å². The van der Waals surface area contributed by atoms with Crippen LogP contribution in [0, 0.1) is 0 Å². The Kier molecular flexibility index (Phi) is 4.38. The van der Waals surface area contributed by atoms with Crippen molar-refractivity contribution in [3.8, 4) is 0 Å². The molecule has 0 bridgehead atoms. The fourth-order valence-corrected chi connectivity index (χ4v) is 2.71. The summed E-state index contributed by atoms with van der Waals surface area (Å²) in [6, 6.07) is 1.68. The number of esters is 1. The van der Waals surface area contributed by atoms with Gasteiger partial charge in [-0.15, -0.1) is 0 Å². The summed E-state index contributed by atoms with van der Waals surface area (Å²) in [6.07, 6.45) is 2.82. The van der Waals surface area contributed by atoms with E-state index in [1.54, 1.807) is 30.9 Å². The molecule has 0 spiro atoms. The SMILES string of the molecule is CCOC(=O)c1cn[nH]c1S(=O)(=O)NCc1ccn(C)n1. The van der Waals surface area contributed by atoms with E-state index in [4.69, 9.17) is 4.74 Å². The van der Waals surface area contributed by atoms with Crippen molar-refractivity contribution in [1.29, 1.82) is 0 Å². The molecule has 2 rings (SSSR count). The number of H-pyrrole nitrogens is 1. The van der Waals surface area contributed by atoms with E-state index >= 15 is 0 Å². The molecule has 0 aliphatic rings. The predicted molar refractivity (Wildman–Crippen MR) is 71.8 cm³/mol. The maximum absolute atomic E-state index is 12.2. The molecular formula is C11H15N5O4S. The molecule has 10 heteroatoms. The van der Waals surface area contributed by atoms with Gasteiger partial charge in [0.25, 0.3) is 10.0 Å². The first-order valence-electron chi connectivity index (χ1n) is 6.12. The first-order chi connectivity index (χ1) is 9.94. The molecule has 0 aromatic carbocycles. The number of hydrogen-bond acceptors (Lipinski definition) is 6. The Hall–Kier alpha value is -2.20. The second-order valence-corrected chi connectivity index (χ2v) is 5.84. The average Bonchev–Trinajstić information content (AvgIpc) is 3.05.